The Balaban J connectivity index is 1.60. The van der Waals surface area contributed by atoms with Crippen molar-refractivity contribution in [2.75, 3.05) is 36.4 Å². The lowest BCUT2D eigenvalue weighted by Gasteiger charge is -2.37. The van der Waals surface area contributed by atoms with E-state index in [-0.39, 0.29) is 11.8 Å². The molecule has 2 aromatic rings. The Morgan fingerprint density at radius 3 is 2.46 bits per heavy atom. The lowest BCUT2D eigenvalue weighted by molar-refractivity contribution is 0.208. The Bertz CT molecular complexity index is 739. The fourth-order valence-corrected chi connectivity index (χ4v) is 3.00. The smallest absolute Gasteiger partial charge is 0.321 e. The van der Waals surface area contributed by atoms with Crippen LogP contribution in [0.3, 0.4) is 0 Å². The number of nitrogens with zero attached hydrogens (tertiary/aromatic N) is 2. The molecule has 0 spiro atoms. The van der Waals surface area contributed by atoms with E-state index in [1.54, 1.807) is 17.0 Å². The number of hydrogen-bond acceptors (Lipinski definition) is 2. The number of rotatable bonds is 2. The average molecular weight is 327 g/mol. The van der Waals surface area contributed by atoms with E-state index in [0.717, 1.165) is 13.1 Å². The maximum Gasteiger partial charge on any atom is 0.321 e. The molecule has 1 aliphatic rings. The number of piperazine rings is 1. The Morgan fingerprint density at radius 1 is 1.04 bits per heavy atom. The predicted molar refractivity (Wildman–Crippen MR) is 95.1 cm³/mol. The SMILES string of the molecule is Cc1cccc(N2CCN(C(=O)Nc3cccc(F)c3)CC2)c1C. The summed E-state index contributed by atoms with van der Waals surface area (Å²) in [4.78, 5) is 16.4. The number of hydrogen-bond donors (Lipinski definition) is 1. The van der Waals surface area contributed by atoms with Gasteiger partial charge in [0.15, 0.2) is 0 Å². The second kappa shape index (κ2) is 6.91. The van der Waals surface area contributed by atoms with Gasteiger partial charge in [0.25, 0.3) is 0 Å². The zero-order valence-corrected chi connectivity index (χ0v) is 14.1. The lowest BCUT2D eigenvalue weighted by atomic mass is 10.1. The minimum absolute atomic E-state index is 0.179. The highest BCUT2D eigenvalue weighted by molar-refractivity contribution is 5.89. The molecule has 0 aliphatic carbocycles. The summed E-state index contributed by atoms with van der Waals surface area (Å²) in [6.07, 6.45) is 0. The van der Waals surface area contributed by atoms with Crippen LogP contribution in [0.5, 0.6) is 0 Å². The number of urea groups is 1. The van der Waals surface area contributed by atoms with Gasteiger partial charge >= 0.3 is 6.03 Å². The summed E-state index contributed by atoms with van der Waals surface area (Å²) in [5, 5.41) is 2.76. The van der Waals surface area contributed by atoms with E-state index >= 15 is 0 Å². The maximum atomic E-state index is 13.2. The van der Waals surface area contributed by atoms with Crippen molar-refractivity contribution in [2.45, 2.75) is 13.8 Å². The maximum absolute atomic E-state index is 13.2. The van der Waals surface area contributed by atoms with Gasteiger partial charge in [-0.2, -0.15) is 0 Å². The van der Waals surface area contributed by atoms with Gasteiger partial charge in [0.2, 0.25) is 0 Å². The highest BCUT2D eigenvalue weighted by Crippen LogP contribution is 2.24. The molecule has 0 atom stereocenters. The van der Waals surface area contributed by atoms with Gasteiger partial charge in [0, 0.05) is 37.6 Å². The Kier molecular flexibility index (Phi) is 4.69. The molecule has 0 saturated carbocycles. The third kappa shape index (κ3) is 3.50. The van der Waals surface area contributed by atoms with Gasteiger partial charge in [-0.25, -0.2) is 9.18 Å². The van der Waals surface area contributed by atoms with Gasteiger partial charge in [0.05, 0.1) is 0 Å². The number of carbonyl (C=O) groups is 1. The van der Waals surface area contributed by atoms with Crippen LogP contribution in [0.1, 0.15) is 11.1 Å². The largest absolute Gasteiger partial charge is 0.368 e. The minimum atomic E-state index is -0.354. The van der Waals surface area contributed by atoms with E-state index in [0.29, 0.717) is 18.8 Å². The molecule has 3 rings (SSSR count). The molecule has 0 radical (unpaired) electrons. The molecule has 0 bridgehead atoms. The average Bonchev–Trinajstić information content (AvgIpc) is 2.57. The molecule has 0 unspecified atom stereocenters. The van der Waals surface area contributed by atoms with Crippen molar-refractivity contribution >= 4 is 17.4 Å². The summed E-state index contributed by atoms with van der Waals surface area (Å²) in [6, 6.07) is 12.1. The van der Waals surface area contributed by atoms with Crippen molar-refractivity contribution in [3.63, 3.8) is 0 Å². The number of amides is 2. The summed E-state index contributed by atoms with van der Waals surface area (Å²) in [6.45, 7) is 7.13. The van der Waals surface area contributed by atoms with Gasteiger partial charge in [-0.3, -0.25) is 0 Å². The molecule has 1 saturated heterocycles. The summed E-state index contributed by atoms with van der Waals surface area (Å²) < 4.78 is 13.2. The summed E-state index contributed by atoms with van der Waals surface area (Å²) >= 11 is 0. The molecule has 126 valence electrons. The molecule has 1 heterocycles. The van der Waals surface area contributed by atoms with E-state index in [2.05, 4.69) is 42.3 Å². The van der Waals surface area contributed by atoms with Crippen LogP contribution in [0.15, 0.2) is 42.5 Å². The van der Waals surface area contributed by atoms with Crippen LogP contribution < -0.4 is 10.2 Å². The third-order valence-corrected chi connectivity index (χ3v) is 4.56. The fourth-order valence-electron chi connectivity index (χ4n) is 3.00. The van der Waals surface area contributed by atoms with E-state index in [1.165, 1.54) is 28.9 Å². The minimum Gasteiger partial charge on any atom is -0.368 e. The lowest BCUT2D eigenvalue weighted by Crippen LogP contribution is -2.50. The third-order valence-electron chi connectivity index (χ3n) is 4.56. The van der Waals surface area contributed by atoms with E-state index in [9.17, 15) is 9.18 Å². The van der Waals surface area contributed by atoms with Crippen LogP contribution in [0.2, 0.25) is 0 Å². The summed E-state index contributed by atoms with van der Waals surface area (Å²) in [5.74, 6) is -0.354. The second-order valence-corrected chi connectivity index (χ2v) is 6.13. The van der Waals surface area contributed by atoms with Crippen molar-refractivity contribution in [1.82, 2.24) is 4.90 Å². The van der Waals surface area contributed by atoms with Gasteiger partial charge in [-0.15, -0.1) is 0 Å². The molecule has 1 N–H and O–H groups in total. The Morgan fingerprint density at radius 2 is 1.75 bits per heavy atom. The topological polar surface area (TPSA) is 35.6 Å². The number of carbonyl (C=O) groups excluding carboxylic acids is 1. The molecular weight excluding hydrogens is 305 g/mol. The van der Waals surface area contributed by atoms with Crippen LogP contribution >= 0.6 is 0 Å². The predicted octanol–water partition coefficient (Wildman–Crippen LogP) is 3.80. The molecule has 5 heteroatoms. The summed E-state index contributed by atoms with van der Waals surface area (Å²) in [7, 11) is 0. The molecule has 2 aromatic carbocycles. The first-order valence-corrected chi connectivity index (χ1v) is 8.17. The zero-order chi connectivity index (χ0) is 17.1. The Labute approximate surface area is 141 Å². The molecular formula is C19H22FN3O. The van der Waals surface area contributed by atoms with Crippen molar-refractivity contribution in [3.8, 4) is 0 Å². The van der Waals surface area contributed by atoms with Crippen LogP contribution in [0.25, 0.3) is 0 Å². The van der Waals surface area contributed by atoms with E-state index < -0.39 is 0 Å². The van der Waals surface area contributed by atoms with Crippen LogP contribution in [-0.4, -0.2) is 37.1 Å². The number of benzene rings is 2. The van der Waals surface area contributed by atoms with Gasteiger partial charge in [-0.1, -0.05) is 18.2 Å². The zero-order valence-electron chi connectivity index (χ0n) is 14.1. The van der Waals surface area contributed by atoms with Crippen molar-refractivity contribution in [1.29, 1.82) is 0 Å². The monoisotopic (exact) mass is 327 g/mol. The van der Waals surface area contributed by atoms with Gasteiger partial charge in [-0.05, 0) is 49.2 Å². The second-order valence-electron chi connectivity index (χ2n) is 6.13. The van der Waals surface area contributed by atoms with Crippen molar-refractivity contribution < 1.29 is 9.18 Å². The quantitative estimate of drug-likeness (QED) is 0.911. The number of aryl methyl sites for hydroxylation is 1. The van der Waals surface area contributed by atoms with Crippen LogP contribution in [0.4, 0.5) is 20.6 Å². The van der Waals surface area contributed by atoms with Crippen LogP contribution in [-0.2, 0) is 0 Å². The van der Waals surface area contributed by atoms with Gasteiger partial charge < -0.3 is 15.1 Å². The molecule has 2 amide bonds. The molecule has 1 fully saturated rings. The molecule has 1 aliphatic heterocycles. The first kappa shape index (κ1) is 16.3. The molecule has 0 aromatic heterocycles. The standard InChI is InChI=1S/C19H22FN3O/c1-14-5-3-8-18(15(14)2)22-9-11-23(12-10-22)19(24)21-17-7-4-6-16(20)13-17/h3-8,13H,9-12H2,1-2H3,(H,21,24). The van der Waals surface area contributed by atoms with E-state index in [4.69, 9.17) is 0 Å². The van der Waals surface area contributed by atoms with Crippen molar-refractivity contribution in [3.05, 3.63) is 59.4 Å². The van der Waals surface area contributed by atoms with Gasteiger partial charge in [0.1, 0.15) is 5.82 Å². The van der Waals surface area contributed by atoms with E-state index in [1.807, 2.05) is 0 Å². The van der Waals surface area contributed by atoms with Crippen LogP contribution in [0, 0.1) is 19.7 Å². The first-order valence-electron chi connectivity index (χ1n) is 8.17. The summed E-state index contributed by atoms with van der Waals surface area (Å²) in [5.41, 5.74) is 4.28. The molecule has 24 heavy (non-hydrogen) atoms. The number of nitrogens with one attached hydrogen (secondary N) is 1. The first-order chi connectivity index (χ1) is 11.5. The van der Waals surface area contributed by atoms with Crippen molar-refractivity contribution in [2.24, 2.45) is 0 Å². The highest BCUT2D eigenvalue weighted by atomic mass is 19.1. The fraction of sp³-hybridized carbons (Fsp3) is 0.316. The normalized spacial score (nSPS) is 14.6. The number of halogens is 1. The Hall–Kier alpha value is -2.56. The highest BCUT2D eigenvalue weighted by Gasteiger charge is 2.22. The molecule has 4 nitrogen and oxygen atoms in total. The number of anilines is 2.